The number of aromatic nitrogens is 2. The zero-order valence-electron chi connectivity index (χ0n) is 9.54. The summed E-state index contributed by atoms with van der Waals surface area (Å²) in [6, 6.07) is 0. The maximum Gasteiger partial charge on any atom is 0.303 e. The molecule has 0 radical (unpaired) electrons. The molecule has 0 aliphatic rings. The van der Waals surface area contributed by atoms with Gasteiger partial charge in [0.05, 0.1) is 5.69 Å². The Hall–Kier alpha value is -1.65. The van der Waals surface area contributed by atoms with E-state index in [0.29, 0.717) is 30.7 Å². The Morgan fingerprint density at radius 3 is 2.75 bits per heavy atom. The number of carboxylic acid groups (broad SMARTS) is 1. The number of rotatable bonds is 5. The van der Waals surface area contributed by atoms with Gasteiger partial charge in [-0.3, -0.25) is 9.59 Å². The van der Waals surface area contributed by atoms with Crippen molar-refractivity contribution in [2.75, 3.05) is 0 Å². The highest BCUT2D eigenvalue weighted by Gasteiger charge is 2.09. The normalized spacial score (nSPS) is 10.4. The molecule has 1 heterocycles. The molecule has 16 heavy (non-hydrogen) atoms. The van der Waals surface area contributed by atoms with Crippen LogP contribution in [0.1, 0.15) is 36.8 Å². The van der Waals surface area contributed by atoms with Gasteiger partial charge < -0.3 is 10.1 Å². The van der Waals surface area contributed by atoms with Crippen molar-refractivity contribution in [1.82, 2.24) is 9.97 Å². The smallest absolute Gasteiger partial charge is 0.303 e. The zero-order valence-corrected chi connectivity index (χ0v) is 9.54. The highest BCUT2D eigenvalue weighted by molar-refractivity contribution is 5.66. The van der Waals surface area contributed by atoms with Crippen LogP contribution in [0.4, 0.5) is 0 Å². The lowest BCUT2D eigenvalue weighted by Crippen LogP contribution is -2.19. The van der Waals surface area contributed by atoms with Crippen LogP contribution in [0.2, 0.25) is 0 Å². The molecule has 0 aromatic carbocycles. The summed E-state index contributed by atoms with van der Waals surface area (Å²) in [7, 11) is 0. The number of aryl methyl sites for hydroxylation is 2. The molecule has 5 heteroatoms. The zero-order chi connectivity index (χ0) is 12.1. The van der Waals surface area contributed by atoms with Crippen molar-refractivity contribution in [2.45, 2.75) is 39.5 Å². The van der Waals surface area contributed by atoms with Crippen LogP contribution in [0.5, 0.6) is 0 Å². The molecule has 0 saturated heterocycles. The molecule has 2 N–H and O–H groups in total. The summed E-state index contributed by atoms with van der Waals surface area (Å²) in [6.45, 7) is 3.67. The number of H-pyrrole nitrogens is 1. The highest BCUT2D eigenvalue weighted by Crippen LogP contribution is 2.06. The molecule has 0 aliphatic carbocycles. The molecule has 0 fully saturated rings. The molecule has 1 aromatic rings. The fourth-order valence-electron chi connectivity index (χ4n) is 1.64. The lowest BCUT2D eigenvalue weighted by Gasteiger charge is -2.06. The van der Waals surface area contributed by atoms with Gasteiger partial charge in [-0.05, 0) is 26.2 Å². The van der Waals surface area contributed by atoms with Gasteiger partial charge in [0.2, 0.25) is 0 Å². The lowest BCUT2D eigenvalue weighted by molar-refractivity contribution is -0.137. The maximum absolute atomic E-state index is 11.7. The van der Waals surface area contributed by atoms with Crippen LogP contribution in [0.25, 0.3) is 0 Å². The summed E-state index contributed by atoms with van der Waals surface area (Å²) in [5.41, 5.74) is 1.25. The Kier molecular flexibility index (Phi) is 4.22. The number of carbonyl (C=O) groups is 1. The minimum absolute atomic E-state index is 0.0798. The molecule has 0 amide bonds. The van der Waals surface area contributed by atoms with Gasteiger partial charge in [-0.25, -0.2) is 4.98 Å². The van der Waals surface area contributed by atoms with Gasteiger partial charge in [-0.1, -0.05) is 6.92 Å². The Morgan fingerprint density at radius 2 is 2.19 bits per heavy atom. The number of nitrogens with one attached hydrogen (secondary N) is 1. The van der Waals surface area contributed by atoms with Crippen LogP contribution < -0.4 is 5.56 Å². The van der Waals surface area contributed by atoms with Crippen molar-refractivity contribution in [2.24, 2.45) is 0 Å². The van der Waals surface area contributed by atoms with Crippen molar-refractivity contribution in [1.29, 1.82) is 0 Å². The first-order valence-corrected chi connectivity index (χ1v) is 5.35. The molecular formula is C11H16N2O3. The van der Waals surface area contributed by atoms with Crippen molar-refractivity contribution in [3.05, 3.63) is 27.4 Å². The van der Waals surface area contributed by atoms with E-state index in [-0.39, 0.29) is 12.0 Å². The number of aliphatic carboxylic acids is 1. The standard InChI is InChI=1S/C11H16N2O3/c1-3-9-8(5-4-6-10(14)15)11(16)13-7(2)12-9/h3-6H2,1-2H3,(H,14,15)(H,12,13,16). The molecule has 0 atom stereocenters. The van der Waals surface area contributed by atoms with E-state index in [0.717, 1.165) is 5.69 Å². The quantitative estimate of drug-likeness (QED) is 0.783. The molecule has 0 unspecified atom stereocenters. The maximum atomic E-state index is 11.7. The van der Waals surface area contributed by atoms with Crippen LogP contribution in [0.3, 0.4) is 0 Å². The van der Waals surface area contributed by atoms with Crippen molar-refractivity contribution < 1.29 is 9.90 Å². The van der Waals surface area contributed by atoms with E-state index in [4.69, 9.17) is 5.11 Å². The monoisotopic (exact) mass is 224 g/mol. The van der Waals surface area contributed by atoms with E-state index in [1.54, 1.807) is 6.92 Å². The van der Waals surface area contributed by atoms with Crippen LogP contribution in [0.15, 0.2) is 4.79 Å². The summed E-state index contributed by atoms with van der Waals surface area (Å²) in [6.07, 6.45) is 1.71. The van der Waals surface area contributed by atoms with Crippen LogP contribution in [-0.2, 0) is 17.6 Å². The number of hydrogen-bond acceptors (Lipinski definition) is 3. The predicted octanol–water partition coefficient (Wildman–Crippen LogP) is 1.05. The van der Waals surface area contributed by atoms with Crippen molar-refractivity contribution in [3.8, 4) is 0 Å². The first kappa shape index (κ1) is 12.4. The molecule has 1 aromatic heterocycles. The number of aromatic amines is 1. The summed E-state index contributed by atoms with van der Waals surface area (Å²) in [5.74, 6) is -0.238. The third-order valence-electron chi connectivity index (χ3n) is 2.37. The van der Waals surface area contributed by atoms with Gasteiger partial charge in [0, 0.05) is 12.0 Å². The van der Waals surface area contributed by atoms with E-state index < -0.39 is 5.97 Å². The third kappa shape index (κ3) is 3.18. The van der Waals surface area contributed by atoms with E-state index >= 15 is 0 Å². The predicted molar refractivity (Wildman–Crippen MR) is 59.5 cm³/mol. The fraction of sp³-hybridized carbons (Fsp3) is 0.545. The Morgan fingerprint density at radius 1 is 1.50 bits per heavy atom. The second-order valence-electron chi connectivity index (χ2n) is 3.68. The minimum Gasteiger partial charge on any atom is -0.481 e. The summed E-state index contributed by atoms with van der Waals surface area (Å²) < 4.78 is 0. The summed E-state index contributed by atoms with van der Waals surface area (Å²) in [5, 5.41) is 8.53. The third-order valence-corrected chi connectivity index (χ3v) is 2.37. The first-order valence-electron chi connectivity index (χ1n) is 5.35. The van der Waals surface area contributed by atoms with E-state index in [1.165, 1.54) is 0 Å². The highest BCUT2D eigenvalue weighted by atomic mass is 16.4. The average molecular weight is 224 g/mol. The Balaban J connectivity index is 2.86. The van der Waals surface area contributed by atoms with Gasteiger partial charge in [-0.15, -0.1) is 0 Å². The van der Waals surface area contributed by atoms with Crippen LogP contribution >= 0.6 is 0 Å². The van der Waals surface area contributed by atoms with Gasteiger partial charge in [-0.2, -0.15) is 0 Å². The van der Waals surface area contributed by atoms with E-state index in [2.05, 4.69) is 9.97 Å². The molecule has 0 aliphatic heterocycles. The summed E-state index contributed by atoms with van der Waals surface area (Å²) >= 11 is 0. The van der Waals surface area contributed by atoms with Gasteiger partial charge >= 0.3 is 5.97 Å². The second-order valence-corrected chi connectivity index (χ2v) is 3.68. The van der Waals surface area contributed by atoms with E-state index in [9.17, 15) is 9.59 Å². The van der Waals surface area contributed by atoms with Crippen molar-refractivity contribution >= 4 is 5.97 Å². The molecule has 0 bridgehead atoms. The molecule has 0 spiro atoms. The number of carboxylic acids is 1. The molecular weight excluding hydrogens is 208 g/mol. The Bertz CT molecular complexity index is 437. The molecule has 1 rings (SSSR count). The lowest BCUT2D eigenvalue weighted by atomic mass is 10.1. The average Bonchev–Trinajstić information content (AvgIpc) is 2.20. The Labute approximate surface area is 93.5 Å². The van der Waals surface area contributed by atoms with Crippen LogP contribution in [0, 0.1) is 6.92 Å². The number of hydrogen-bond donors (Lipinski definition) is 2. The SMILES string of the molecule is CCc1nc(C)[nH]c(=O)c1CCCC(=O)O. The van der Waals surface area contributed by atoms with Gasteiger partial charge in [0.25, 0.3) is 5.56 Å². The minimum atomic E-state index is -0.838. The van der Waals surface area contributed by atoms with E-state index in [1.807, 2.05) is 6.92 Å². The second kappa shape index (κ2) is 5.44. The van der Waals surface area contributed by atoms with Gasteiger partial charge in [0.1, 0.15) is 5.82 Å². The van der Waals surface area contributed by atoms with Crippen molar-refractivity contribution in [3.63, 3.8) is 0 Å². The van der Waals surface area contributed by atoms with Crippen LogP contribution in [-0.4, -0.2) is 21.0 Å². The first-order chi connectivity index (χ1) is 7.54. The summed E-state index contributed by atoms with van der Waals surface area (Å²) in [4.78, 5) is 28.9. The topological polar surface area (TPSA) is 83.0 Å². The molecule has 5 nitrogen and oxygen atoms in total. The number of nitrogens with zero attached hydrogens (tertiary/aromatic N) is 1. The van der Waals surface area contributed by atoms with Gasteiger partial charge in [0.15, 0.2) is 0 Å². The fourth-order valence-corrected chi connectivity index (χ4v) is 1.64. The molecule has 0 saturated carbocycles. The largest absolute Gasteiger partial charge is 0.481 e. The molecule has 88 valence electrons.